The van der Waals surface area contributed by atoms with Crippen LogP contribution in [0.5, 0.6) is 0 Å². The predicted molar refractivity (Wildman–Crippen MR) is 312 cm³/mol. The molecule has 0 aromatic heterocycles. The Labute approximate surface area is 513 Å². The first kappa shape index (κ1) is 73.1. The van der Waals surface area contributed by atoms with Gasteiger partial charge in [0.2, 0.25) is 47.3 Å². The van der Waals surface area contributed by atoms with Gasteiger partial charge in [-0.2, -0.15) is 12.6 Å². The van der Waals surface area contributed by atoms with Crippen LogP contribution in [0, 0.1) is 0 Å². The van der Waals surface area contributed by atoms with E-state index < -0.39 is 202 Å². The molecule has 89 heavy (non-hydrogen) atoms. The highest BCUT2D eigenvalue weighted by Gasteiger charge is 2.33. The molecule has 0 heterocycles. The van der Waals surface area contributed by atoms with E-state index in [0.717, 1.165) is 5.56 Å². The molecule has 10 amide bonds. The van der Waals surface area contributed by atoms with E-state index in [1.165, 1.54) is 0 Å². The summed E-state index contributed by atoms with van der Waals surface area (Å²) in [6, 6.07) is 9.26. The maximum absolute atomic E-state index is 14.2. The maximum Gasteiger partial charge on any atom is 0.327 e. The highest BCUT2D eigenvalue weighted by atomic mass is 32.1. The van der Waals surface area contributed by atoms with Crippen molar-refractivity contribution in [2.75, 3.05) is 18.8 Å². The number of carbonyl (C=O) groups is 15. The molecule has 0 saturated carbocycles. The number of nitrogens with one attached hydrogen (secondary N) is 10. The number of carbonyl (C=O) groups excluding carboxylic acids is 9. The Bertz CT molecular complexity index is 2980. The lowest BCUT2D eigenvalue weighted by atomic mass is 10.0. The molecular formula is C56H71N11O21S. The molecule has 0 aliphatic heterocycles. The average Bonchev–Trinajstić information content (AvgIpc) is 3.67. The van der Waals surface area contributed by atoms with Gasteiger partial charge in [0, 0.05) is 44.4 Å². The Morgan fingerprint density at radius 1 is 0.382 bits per heavy atom. The van der Waals surface area contributed by atoms with Crippen LogP contribution in [0.2, 0.25) is 0 Å². The summed E-state index contributed by atoms with van der Waals surface area (Å²) < 4.78 is 0. The van der Waals surface area contributed by atoms with E-state index in [-0.39, 0.29) is 31.4 Å². The van der Waals surface area contributed by atoms with Crippen LogP contribution in [-0.4, -0.2) is 193 Å². The fraction of sp³-hybridized carbons (Fsp3) is 0.411. The average molecular weight is 1270 g/mol. The molecule has 0 spiro atoms. The Hall–Kier alpha value is -10.2. The van der Waals surface area contributed by atoms with E-state index in [1.807, 2.05) is 10.6 Å². The number of thiol groups is 1. The van der Waals surface area contributed by atoms with Gasteiger partial charge in [-0.05, 0) is 48.8 Å². The summed E-state index contributed by atoms with van der Waals surface area (Å²) in [4.78, 5) is 190. The van der Waals surface area contributed by atoms with Crippen molar-refractivity contribution >= 4 is 102 Å². The van der Waals surface area contributed by atoms with Crippen LogP contribution in [0.4, 0.5) is 4.79 Å². The van der Waals surface area contributed by atoms with Crippen molar-refractivity contribution in [3.63, 3.8) is 0 Å². The summed E-state index contributed by atoms with van der Waals surface area (Å²) in [5.74, 6) is -17.4. The standard InChI is InChI=1S/C56H71N11O21S/c57-33(47(75)64-40(26-46(73)74)51(79)65-41(29-89)55(86)87)27-59-48(76)34(17-16-30-10-4-1-5-11-30)62-49(77)39(25-32-14-8-3-9-15-32)61-44(70)28-58-42(68)21-18-35(52(80)81)63-50(78)38(24-31-12-6-2-7-13-31)60-43(69)22-19-36(53(82)83)66-56(88)67-37(54(84)85)20-23-45(71)72/h1-15,33-41,89H,16-29,57H2,(H,58,68)(H,59,76)(H,60,69)(H,61,70)(H,62,77)(H,63,78)(H,64,75)(H,65,79)(H,71,72)(H,73,74)(H,80,81)(H,82,83)(H,84,85)(H,86,87)(H2,66,67,88)/t33-,34-,35+,36-,37-,38-,39-,40-,41-/m0/s1. The first-order valence-corrected chi connectivity index (χ1v) is 28.0. The molecule has 33 heteroatoms. The third kappa shape index (κ3) is 28.3. The lowest BCUT2D eigenvalue weighted by Gasteiger charge is -2.24. The summed E-state index contributed by atoms with van der Waals surface area (Å²) in [5, 5.41) is 79.3. The van der Waals surface area contributed by atoms with E-state index in [1.54, 1.807) is 91.0 Å². The molecule has 0 aliphatic rings. The number of urea groups is 1. The normalized spacial score (nSPS) is 13.8. The van der Waals surface area contributed by atoms with E-state index in [9.17, 15) is 97.5 Å². The van der Waals surface area contributed by atoms with Gasteiger partial charge >= 0.3 is 41.8 Å². The Kier molecular flexibility index (Phi) is 31.3. The van der Waals surface area contributed by atoms with E-state index >= 15 is 0 Å². The lowest BCUT2D eigenvalue weighted by molar-refractivity contribution is -0.143. The van der Waals surface area contributed by atoms with Crippen LogP contribution < -0.4 is 58.9 Å². The molecule has 0 aliphatic carbocycles. The van der Waals surface area contributed by atoms with Gasteiger partial charge in [0.1, 0.15) is 54.4 Å². The fourth-order valence-electron chi connectivity index (χ4n) is 8.16. The van der Waals surface area contributed by atoms with Crippen molar-refractivity contribution in [3.05, 3.63) is 108 Å². The maximum atomic E-state index is 14.2. The molecule has 0 unspecified atom stereocenters. The second-order valence-electron chi connectivity index (χ2n) is 19.9. The van der Waals surface area contributed by atoms with Gasteiger partial charge in [-0.25, -0.2) is 24.0 Å². The Morgan fingerprint density at radius 3 is 1.25 bits per heavy atom. The molecule has 18 N–H and O–H groups in total. The summed E-state index contributed by atoms with van der Waals surface area (Å²) in [6.07, 6.45) is -4.80. The largest absolute Gasteiger partial charge is 0.481 e. The van der Waals surface area contributed by atoms with Crippen molar-refractivity contribution < 1.29 is 103 Å². The predicted octanol–water partition coefficient (Wildman–Crippen LogP) is -3.22. The Morgan fingerprint density at radius 2 is 0.787 bits per heavy atom. The number of aliphatic carboxylic acids is 6. The third-order valence-electron chi connectivity index (χ3n) is 12.9. The van der Waals surface area contributed by atoms with Crippen LogP contribution in [0.3, 0.4) is 0 Å². The first-order valence-electron chi connectivity index (χ1n) is 27.4. The highest BCUT2D eigenvalue weighted by molar-refractivity contribution is 7.80. The topological polar surface area (TPSA) is 524 Å². The molecular weight excluding hydrogens is 1190 g/mol. The number of carboxylic acid groups (broad SMARTS) is 6. The number of rotatable bonds is 40. The number of hydrogen-bond donors (Lipinski definition) is 18. The zero-order chi connectivity index (χ0) is 66.2. The zero-order valence-electron chi connectivity index (χ0n) is 47.6. The highest BCUT2D eigenvalue weighted by Crippen LogP contribution is 2.11. The molecule has 3 aromatic rings. The SMILES string of the molecule is N[C@@H](CNC(=O)[C@H](CCc1ccccc1)NC(=O)[C@H](Cc1ccccc1)NC(=O)CNC(=O)CC[C@@H](NC(=O)[C@H](Cc1ccccc1)NC(=O)CC[C@H](NC(=O)N[C@@H](CCC(=O)O)C(=O)O)C(=O)O)C(=O)O)C(=O)N[C@@H](CC(=O)O)C(=O)N[C@@H](CS)C(=O)O. The fourth-order valence-corrected chi connectivity index (χ4v) is 8.41. The molecule has 9 atom stereocenters. The van der Waals surface area contributed by atoms with Crippen LogP contribution in [0.25, 0.3) is 0 Å². The molecule has 0 radical (unpaired) electrons. The third-order valence-corrected chi connectivity index (χ3v) is 13.3. The van der Waals surface area contributed by atoms with Gasteiger partial charge in [-0.15, -0.1) is 0 Å². The van der Waals surface area contributed by atoms with E-state index in [0.29, 0.717) is 11.1 Å². The summed E-state index contributed by atoms with van der Waals surface area (Å²) in [5.41, 5.74) is 7.79. The van der Waals surface area contributed by atoms with Gasteiger partial charge in [-0.1, -0.05) is 91.0 Å². The minimum absolute atomic E-state index is 0.0564. The quantitative estimate of drug-likeness (QED) is 0.0249. The minimum Gasteiger partial charge on any atom is -0.481 e. The van der Waals surface area contributed by atoms with Crippen molar-refractivity contribution in [2.45, 2.75) is 125 Å². The van der Waals surface area contributed by atoms with Gasteiger partial charge in [0.25, 0.3) is 0 Å². The number of hydrogen-bond acceptors (Lipinski definition) is 17. The molecule has 0 saturated heterocycles. The van der Waals surface area contributed by atoms with Gasteiger partial charge in [0.15, 0.2) is 0 Å². The van der Waals surface area contributed by atoms with Crippen LogP contribution in [-0.2, 0) is 86.4 Å². The molecule has 482 valence electrons. The zero-order valence-corrected chi connectivity index (χ0v) is 48.5. The summed E-state index contributed by atoms with van der Waals surface area (Å²) in [6.45, 7) is -1.40. The van der Waals surface area contributed by atoms with Crippen molar-refractivity contribution in [2.24, 2.45) is 5.73 Å². The first-order chi connectivity index (χ1) is 42.1. The van der Waals surface area contributed by atoms with Crippen LogP contribution in [0.15, 0.2) is 91.0 Å². The van der Waals surface area contributed by atoms with Crippen LogP contribution >= 0.6 is 12.6 Å². The van der Waals surface area contributed by atoms with Gasteiger partial charge < -0.3 is 89.5 Å². The van der Waals surface area contributed by atoms with Crippen molar-refractivity contribution in [1.82, 2.24) is 53.2 Å². The second kappa shape index (κ2) is 38.1. The lowest BCUT2D eigenvalue weighted by Crippen LogP contribution is -2.58. The van der Waals surface area contributed by atoms with E-state index in [4.69, 9.17) is 10.8 Å². The summed E-state index contributed by atoms with van der Waals surface area (Å²) in [7, 11) is 0. The molecule has 32 nitrogen and oxygen atoms in total. The molecule has 3 rings (SSSR count). The van der Waals surface area contributed by atoms with Gasteiger partial charge in [-0.3, -0.25) is 47.9 Å². The van der Waals surface area contributed by atoms with Crippen molar-refractivity contribution in [3.8, 4) is 0 Å². The smallest absolute Gasteiger partial charge is 0.327 e. The molecule has 3 aromatic carbocycles. The molecule has 0 bridgehead atoms. The number of benzene rings is 3. The monoisotopic (exact) mass is 1270 g/mol. The minimum atomic E-state index is -1.79. The van der Waals surface area contributed by atoms with E-state index in [2.05, 4.69) is 55.2 Å². The molecule has 0 fully saturated rings. The Balaban J connectivity index is 1.70. The van der Waals surface area contributed by atoms with Crippen molar-refractivity contribution in [1.29, 1.82) is 0 Å². The van der Waals surface area contributed by atoms with Crippen LogP contribution in [0.1, 0.15) is 68.1 Å². The number of amides is 10. The number of aryl methyl sites for hydroxylation is 1. The summed E-state index contributed by atoms with van der Waals surface area (Å²) >= 11 is 3.84. The van der Waals surface area contributed by atoms with Gasteiger partial charge in [0.05, 0.1) is 13.0 Å². The number of nitrogens with two attached hydrogens (primary N) is 1. The number of carboxylic acids is 6. The second-order valence-corrected chi connectivity index (χ2v) is 20.2.